The molecule has 0 saturated carbocycles. The highest BCUT2D eigenvalue weighted by Gasteiger charge is 2.24. The number of hydrogen-bond donors (Lipinski definition) is 1. The first-order valence-electron chi connectivity index (χ1n) is 6.99. The quantitative estimate of drug-likeness (QED) is 0.788. The van der Waals surface area contributed by atoms with E-state index in [2.05, 4.69) is 9.88 Å². The lowest BCUT2D eigenvalue weighted by Crippen LogP contribution is -2.14. The van der Waals surface area contributed by atoms with Gasteiger partial charge in [-0.2, -0.15) is 0 Å². The SMILES string of the molecule is Cc1cccc(C)c1NS(=O)(=O)c1cc(-c2ccno2)oc1C. The van der Waals surface area contributed by atoms with Gasteiger partial charge in [0, 0.05) is 12.1 Å². The van der Waals surface area contributed by atoms with Gasteiger partial charge >= 0.3 is 0 Å². The molecule has 1 N–H and O–H groups in total. The number of rotatable bonds is 4. The lowest BCUT2D eigenvalue weighted by atomic mass is 10.1. The predicted molar refractivity (Wildman–Crippen MR) is 85.7 cm³/mol. The molecule has 0 aliphatic heterocycles. The van der Waals surface area contributed by atoms with Crippen LogP contribution in [-0.2, 0) is 10.0 Å². The Hall–Kier alpha value is -2.54. The van der Waals surface area contributed by atoms with Gasteiger partial charge in [-0.25, -0.2) is 8.42 Å². The van der Waals surface area contributed by atoms with E-state index in [1.165, 1.54) is 12.3 Å². The lowest BCUT2D eigenvalue weighted by molar-refractivity contribution is 0.414. The Morgan fingerprint density at radius 3 is 2.35 bits per heavy atom. The Morgan fingerprint density at radius 2 is 1.74 bits per heavy atom. The molecule has 2 heterocycles. The highest BCUT2D eigenvalue weighted by molar-refractivity contribution is 7.92. The van der Waals surface area contributed by atoms with E-state index in [4.69, 9.17) is 8.94 Å². The van der Waals surface area contributed by atoms with Crippen LogP contribution in [0.5, 0.6) is 0 Å². The largest absolute Gasteiger partial charge is 0.456 e. The van der Waals surface area contributed by atoms with E-state index < -0.39 is 10.0 Å². The van der Waals surface area contributed by atoms with Gasteiger partial charge in [0.15, 0.2) is 5.76 Å². The summed E-state index contributed by atoms with van der Waals surface area (Å²) in [4.78, 5) is 0.0755. The van der Waals surface area contributed by atoms with Gasteiger partial charge in [0.25, 0.3) is 10.0 Å². The van der Waals surface area contributed by atoms with Gasteiger partial charge in [-0.05, 0) is 31.9 Å². The summed E-state index contributed by atoms with van der Waals surface area (Å²) < 4.78 is 38.5. The van der Waals surface area contributed by atoms with Crippen LogP contribution in [0.25, 0.3) is 11.5 Å². The minimum absolute atomic E-state index is 0.0755. The van der Waals surface area contributed by atoms with Gasteiger partial charge in [-0.3, -0.25) is 4.72 Å². The zero-order valence-corrected chi connectivity index (χ0v) is 13.8. The van der Waals surface area contributed by atoms with E-state index in [0.29, 0.717) is 17.2 Å². The molecule has 0 bridgehead atoms. The van der Waals surface area contributed by atoms with Crippen LogP contribution < -0.4 is 4.72 Å². The summed E-state index contributed by atoms with van der Waals surface area (Å²) in [5.74, 6) is 0.985. The molecule has 0 spiro atoms. The fourth-order valence-electron chi connectivity index (χ4n) is 2.36. The van der Waals surface area contributed by atoms with Gasteiger partial charge in [-0.1, -0.05) is 23.4 Å². The molecule has 3 aromatic rings. The number of para-hydroxylation sites is 1. The third-order valence-corrected chi connectivity index (χ3v) is 5.02. The summed E-state index contributed by atoms with van der Waals surface area (Å²) in [7, 11) is -3.77. The van der Waals surface area contributed by atoms with Crippen molar-refractivity contribution in [3.63, 3.8) is 0 Å². The zero-order valence-electron chi connectivity index (χ0n) is 13.0. The van der Waals surface area contributed by atoms with Crippen molar-refractivity contribution in [2.75, 3.05) is 4.72 Å². The number of benzene rings is 1. The number of sulfonamides is 1. The van der Waals surface area contributed by atoms with E-state index in [9.17, 15) is 8.42 Å². The van der Waals surface area contributed by atoms with Crippen molar-refractivity contribution >= 4 is 15.7 Å². The number of hydrogen-bond acceptors (Lipinski definition) is 5. The minimum atomic E-state index is -3.77. The first kappa shape index (κ1) is 15.4. The van der Waals surface area contributed by atoms with Gasteiger partial charge < -0.3 is 8.94 Å². The molecule has 23 heavy (non-hydrogen) atoms. The molecular formula is C16H16N2O4S. The molecule has 7 heteroatoms. The molecule has 0 fully saturated rings. The Bertz CT molecular complexity index is 920. The molecule has 0 unspecified atom stereocenters. The summed E-state index contributed by atoms with van der Waals surface area (Å²) in [6.45, 7) is 5.30. The minimum Gasteiger partial charge on any atom is -0.456 e. The summed E-state index contributed by atoms with van der Waals surface area (Å²) in [5.41, 5.74) is 2.28. The maximum Gasteiger partial charge on any atom is 0.265 e. The predicted octanol–water partition coefficient (Wildman–Crippen LogP) is 3.66. The molecule has 6 nitrogen and oxygen atoms in total. The molecule has 0 aliphatic carbocycles. The van der Waals surface area contributed by atoms with Crippen molar-refractivity contribution in [1.29, 1.82) is 0 Å². The van der Waals surface area contributed by atoms with Crippen molar-refractivity contribution in [2.24, 2.45) is 0 Å². The highest BCUT2D eigenvalue weighted by Crippen LogP contribution is 2.30. The van der Waals surface area contributed by atoms with Crippen molar-refractivity contribution in [3.05, 3.63) is 53.4 Å². The molecule has 1 aromatic carbocycles. The van der Waals surface area contributed by atoms with Crippen LogP contribution in [0.4, 0.5) is 5.69 Å². The number of nitrogens with one attached hydrogen (secondary N) is 1. The van der Waals surface area contributed by atoms with Gasteiger partial charge in [-0.15, -0.1) is 0 Å². The van der Waals surface area contributed by atoms with Crippen molar-refractivity contribution in [1.82, 2.24) is 5.16 Å². The van der Waals surface area contributed by atoms with Gasteiger partial charge in [0.1, 0.15) is 10.7 Å². The molecular weight excluding hydrogens is 316 g/mol. The summed E-state index contributed by atoms with van der Waals surface area (Å²) in [5, 5.41) is 3.59. The molecule has 0 saturated heterocycles. The maximum absolute atomic E-state index is 12.7. The Kier molecular flexibility index (Phi) is 3.73. The molecule has 0 radical (unpaired) electrons. The summed E-state index contributed by atoms with van der Waals surface area (Å²) >= 11 is 0. The van der Waals surface area contributed by atoms with E-state index in [1.54, 1.807) is 13.0 Å². The number of aromatic nitrogens is 1. The molecule has 120 valence electrons. The average Bonchev–Trinajstić information content (AvgIpc) is 3.12. The molecule has 0 amide bonds. The molecule has 3 rings (SSSR count). The average molecular weight is 332 g/mol. The lowest BCUT2D eigenvalue weighted by Gasteiger charge is -2.12. The second-order valence-corrected chi connectivity index (χ2v) is 6.93. The maximum atomic E-state index is 12.7. The van der Waals surface area contributed by atoms with E-state index in [-0.39, 0.29) is 10.7 Å². The van der Waals surface area contributed by atoms with E-state index in [0.717, 1.165) is 11.1 Å². The van der Waals surface area contributed by atoms with Gasteiger partial charge in [0.2, 0.25) is 5.76 Å². The third-order valence-electron chi connectivity index (χ3n) is 3.56. The number of aryl methyl sites for hydroxylation is 3. The summed E-state index contributed by atoms with van der Waals surface area (Å²) in [6.07, 6.45) is 1.47. The smallest absolute Gasteiger partial charge is 0.265 e. The van der Waals surface area contributed by atoms with E-state index in [1.807, 2.05) is 32.0 Å². The normalized spacial score (nSPS) is 11.6. The highest BCUT2D eigenvalue weighted by atomic mass is 32.2. The summed E-state index contributed by atoms with van der Waals surface area (Å²) in [6, 6.07) is 8.63. The number of anilines is 1. The molecule has 0 atom stereocenters. The van der Waals surface area contributed by atoms with Crippen LogP contribution in [0, 0.1) is 20.8 Å². The van der Waals surface area contributed by atoms with E-state index >= 15 is 0 Å². The van der Waals surface area contributed by atoms with Gasteiger partial charge in [0.05, 0.1) is 11.9 Å². The third kappa shape index (κ3) is 2.87. The monoisotopic (exact) mass is 332 g/mol. The first-order chi connectivity index (χ1) is 10.9. The first-order valence-corrected chi connectivity index (χ1v) is 8.47. The number of furan rings is 1. The number of nitrogens with zero attached hydrogens (tertiary/aromatic N) is 1. The second-order valence-electron chi connectivity index (χ2n) is 5.28. The Balaban J connectivity index is 2.01. The fourth-order valence-corrected chi connectivity index (χ4v) is 3.74. The van der Waals surface area contributed by atoms with Crippen LogP contribution in [-0.4, -0.2) is 13.6 Å². The second kappa shape index (κ2) is 5.58. The zero-order chi connectivity index (χ0) is 16.6. The standard InChI is InChI=1S/C16H16N2O4S/c1-10-5-4-6-11(2)16(10)18-23(19,20)15-9-14(21-12(15)3)13-7-8-17-22-13/h4-9,18H,1-3H3. The Labute approximate surface area is 134 Å². The van der Waals surface area contributed by atoms with Crippen LogP contribution in [0.3, 0.4) is 0 Å². The van der Waals surface area contributed by atoms with Crippen molar-refractivity contribution in [2.45, 2.75) is 25.7 Å². The fraction of sp³-hybridized carbons (Fsp3) is 0.188. The topological polar surface area (TPSA) is 85.3 Å². The van der Waals surface area contributed by atoms with Crippen LogP contribution in [0.15, 0.2) is 50.4 Å². The Morgan fingerprint density at radius 1 is 1.04 bits per heavy atom. The molecule has 0 aliphatic rings. The van der Waals surface area contributed by atoms with Crippen LogP contribution in [0.1, 0.15) is 16.9 Å². The van der Waals surface area contributed by atoms with Crippen molar-refractivity contribution in [3.8, 4) is 11.5 Å². The molecule has 2 aromatic heterocycles. The van der Waals surface area contributed by atoms with Crippen LogP contribution in [0.2, 0.25) is 0 Å². The van der Waals surface area contributed by atoms with Crippen molar-refractivity contribution < 1.29 is 17.4 Å². The van der Waals surface area contributed by atoms with Crippen LogP contribution >= 0.6 is 0 Å².